The number of aliphatic imine (C=N–C) groups is 1. The van der Waals surface area contributed by atoms with Crippen LogP contribution in [0.15, 0.2) is 63.3 Å². The first-order chi connectivity index (χ1) is 14.7. The van der Waals surface area contributed by atoms with Gasteiger partial charge in [-0.1, -0.05) is 24.6 Å². The van der Waals surface area contributed by atoms with Crippen LogP contribution in [-0.2, 0) is 0 Å². The number of rotatable bonds is 4. The smallest absolute Gasteiger partial charge is 0.265 e. The number of aromatic nitrogens is 1. The number of amides is 1. The summed E-state index contributed by atoms with van der Waals surface area (Å²) in [6, 6.07) is 9.17. The maximum Gasteiger partial charge on any atom is 0.265 e. The number of carbonyl (C=O) groups is 1. The molecule has 1 aromatic carbocycles. The van der Waals surface area contributed by atoms with Crippen LogP contribution in [0, 0.1) is 0 Å². The van der Waals surface area contributed by atoms with Crippen LogP contribution in [0.5, 0.6) is 0 Å². The number of hydrogen-bond donors (Lipinski definition) is 4. The summed E-state index contributed by atoms with van der Waals surface area (Å²) in [4.78, 5) is 22.7. The van der Waals surface area contributed by atoms with Crippen molar-refractivity contribution in [2.24, 2.45) is 16.6 Å². The van der Waals surface area contributed by atoms with E-state index in [0.717, 1.165) is 36.4 Å². The molecule has 0 saturated carbocycles. The Hall–Kier alpha value is -2.88. The molecule has 30 heavy (non-hydrogen) atoms. The van der Waals surface area contributed by atoms with Crippen molar-refractivity contribution in [3.8, 4) is 0 Å². The Morgan fingerprint density at radius 1 is 1.13 bits per heavy atom. The fourth-order valence-corrected chi connectivity index (χ4v) is 4.38. The number of carbonyl (C=O) groups excluding carboxylic acids is 1. The molecule has 1 aromatic heterocycles. The maximum absolute atomic E-state index is 12.8. The van der Waals surface area contributed by atoms with Gasteiger partial charge in [0.05, 0.1) is 16.4 Å². The van der Waals surface area contributed by atoms with E-state index in [1.54, 1.807) is 24.5 Å². The summed E-state index contributed by atoms with van der Waals surface area (Å²) in [7, 11) is 0. The molecule has 0 atom stereocenters. The lowest BCUT2D eigenvalue weighted by Crippen LogP contribution is -2.42. The molecule has 4 rings (SSSR count). The number of benzene rings is 1. The molecule has 2 aromatic rings. The van der Waals surface area contributed by atoms with Crippen LogP contribution in [0.3, 0.4) is 0 Å². The van der Waals surface area contributed by atoms with Gasteiger partial charge in [0, 0.05) is 41.5 Å². The topological polar surface area (TPSA) is 122 Å². The number of hydrazine groups is 2. The molecule has 156 valence electrons. The molecule has 8 nitrogen and oxygen atoms in total. The minimum Gasteiger partial charge on any atom is -0.391 e. The summed E-state index contributed by atoms with van der Waals surface area (Å²) < 4.78 is 0. The number of nitrogens with two attached hydrogens (primary N) is 2. The number of fused-ring (bicyclic) bond motifs is 1. The lowest BCUT2D eigenvalue weighted by Gasteiger charge is -2.21. The number of nitrogens with one attached hydrogen (secondary N) is 2. The van der Waals surface area contributed by atoms with Crippen LogP contribution in [0.1, 0.15) is 41.6 Å². The molecule has 0 bridgehead atoms. The van der Waals surface area contributed by atoms with Crippen LogP contribution >= 0.6 is 11.8 Å². The minimum atomic E-state index is -0.134. The van der Waals surface area contributed by atoms with Crippen molar-refractivity contribution in [2.75, 3.05) is 13.1 Å². The van der Waals surface area contributed by atoms with Crippen LogP contribution in [-0.4, -0.2) is 34.7 Å². The van der Waals surface area contributed by atoms with Crippen molar-refractivity contribution in [3.05, 3.63) is 64.6 Å². The number of pyridine rings is 1. The summed E-state index contributed by atoms with van der Waals surface area (Å²) >= 11 is 1.36. The van der Waals surface area contributed by atoms with Crippen molar-refractivity contribution in [1.29, 1.82) is 0 Å². The van der Waals surface area contributed by atoms with Crippen LogP contribution in [0.2, 0.25) is 0 Å². The van der Waals surface area contributed by atoms with E-state index < -0.39 is 0 Å². The van der Waals surface area contributed by atoms with E-state index >= 15 is 0 Å². The van der Waals surface area contributed by atoms with Gasteiger partial charge < -0.3 is 11.2 Å². The fraction of sp³-hybridized carbons (Fsp3) is 0.286. The number of thioether (sulfide) groups is 1. The van der Waals surface area contributed by atoms with Gasteiger partial charge in [0.1, 0.15) is 5.70 Å². The molecule has 0 aliphatic carbocycles. The normalized spacial score (nSPS) is 17.4. The second kappa shape index (κ2) is 9.29. The number of allylic oxidation sites excluding steroid dienone is 1. The first kappa shape index (κ1) is 20.4. The molecule has 2 aliphatic heterocycles. The fourth-order valence-electron chi connectivity index (χ4n) is 3.54. The standard InChI is InChI=1S/C21H25N7OS/c22-20-19(26-23)18(15-6-5-9-24-13-15)25-16-12-14(7-8-17(16)30-20)21(29)27-28-10-3-1-2-4-11-28/h5-9,12-13,26H,1-4,10-11,22-23H2,(H,27,29). The highest BCUT2D eigenvalue weighted by Gasteiger charge is 2.21. The molecule has 1 fully saturated rings. The van der Waals surface area contributed by atoms with E-state index in [2.05, 4.69) is 15.8 Å². The van der Waals surface area contributed by atoms with Gasteiger partial charge >= 0.3 is 0 Å². The minimum absolute atomic E-state index is 0.134. The second-order valence-corrected chi connectivity index (χ2v) is 8.30. The molecule has 1 amide bonds. The SMILES string of the molecule is NNC1=C(N)Sc2ccc(C(=O)NN3CCCCCC3)cc2N=C1c1cccnc1. The first-order valence-electron chi connectivity index (χ1n) is 9.99. The Morgan fingerprint density at radius 3 is 2.63 bits per heavy atom. The highest BCUT2D eigenvalue weighted by atomic mass is 32.2. The average molecular weight is 424 g/mol. The van der Waals surface area contributed by atoms with Crippen molar-refractivity contribution >= 4 is 29.1 Å². The molecule has 2 aliphatic rings. The zero-order chi connectivity index (χ0) is 20.9. The van der Waals surface area contributed by atoms with Gasteiger partial charge in [0.2, 0.25) is 0 Å². The van der Waals surface area contributed by atoms with Gasteiger partial charge in [-0.15, -0.1) is 0 Å². The second-order valence-electron chi connectivity index (χ2n) is 7.21. The summed E-state index contributed by atoms with van der Waals surface area (Å²) in [5, 5.41) is 2.51. The summed E-state index contributed by atoms with van der Waals surface area (Å²) in [6.45, 7) is 1.75. The highest BCUT2D eigenvalue weighted by molar-refractivity contribution is 8.03. The van der Waals surface area contributed by atoms with Gasteiger partial charge in [-0.2, -0.15) is 0 Å². The molecule has 1 saturated heterocycles. The zero-order valence-electron chi connectivity index (χ0n) is 16.6. The lowest BCUT2D eigenvalue weighted by atomic mass is 10.1. The van der Waals surface area contributed by atoms with Crippen molar-refractivity contribution in [2.45, 2.75) is 30.6 Å². The predicted molar refractivity (Wildman–Crippen MR) is 119 cm³/mol. The van der Waals surface area contributed by atoms with Crippen molar-refractivity contribution in [3.63, 3.8) is 0 Å². The quantitative estimate of drug-likeness (QED) is 0.440. The number of nitrogens with zero attached hydrogens (tertiary/aromatic N) is 3. The summed E-state index contributed by atoms with van der Waals surface area (Å²) in [5.74, 6) is 5.61. The third kappa shape index (κ3) is 4.48. The van der Waals surface area contributed by atoms with Gasteiger partial charge in [-0.3, -0.25) is 21.0 Å². The third-order valence-electron chi connectivity index (χ3n) is 5.10. The zero-order valence-corrected chi connectivity index (χ0v) is 17.4. The summed E-state index contributed by atoms with van der Waals surface area (Å²) in [5.41, 5.74) is 15.1. The lowest BCUT2D eigenvalue weighted by molar-refractivity contribution is 0.0794. The van der Waals surface area contributed by atoms with Crippen molar-refractivity contribution < 1.29 is 4.79 Å². The van der Waals surface area contributed by atoms with Gasteiger partial charge in [-0.25, -0.2) is 10.0 Å². The Bertz CT molecular complexity index is 982. The largest absolute Gasteiger partial charge is 0.391 e. The Labute approximate surface area is 179 Å². The molecule has 3 heterocycles. The first-order valence-corrected chi connectivity index (χ1v) is 10.8. The van der Waals surface area contributed by atoms with E-state index in [1.807, 2.05) is 23.2 Å². The Kier molecular flexibility index (Phi) is 6.32. The van der Waals surface area contributed by atoms with Crippen LogP contribution < -0.4 is 22.4 Å². The molecule has 9 heteroatoms. The molecule has 0 spiro atoms. The average Bonchev–Trinajstić information content (AvgIpc) is 3.10. The van der Waals surface area contributed by atoms with E-state index in [-0.39, 0.29) is 5.91 Å². The van der Waals surface area contributed by atoms with E-state index in [4.69, 9.17) is 16.6 Å². The molecule has 6 N–H and O–H groups in total. The third-order valence-corrected chi connectivity index (χ3v) is 6.09. The highest BCUT2D eigenvalue weighted by Crippen LogP contribution is 2.38. The van der Waals surface area contributed by atoms with E-state index in [1.165, 1.54) is 24.6 Å². The van der Waals surface area contributed by atoms with Gasteiger partial charge in [0.15, 0.2) is 0 Å². The van der Waals surface area contributed by atoms with Crippen LogP contribution in [0.25, 0.3) is 0 Å². The van der Waals surface area contributed by atoms with Crippen LogP contribution in [0.4, 0.5) is 5.69 Å². The molecule has 0 radical (unpaired) electrons. The predicted octanol–water partition coefficient (Wildman–Crippen LogP) is 2.42. The molecular formula is C21H25N7OS. The van der Waals surface area contributed by atoms with E-state index in [0.29, 0.717) is 27.7 Å². The van der Waals surface area contributed by atoms with Gasteiger partial charge in [0.25, 0.3) is 5.91 Å². The number of hydrogen-bond acceptors (Lipinski definition) is 8. The Morgan fingerprint density at radius 2 is 1.93 bits per heavy atom. The molecule has 0 unspecified atom stereocenters. The van der Waals surface area contributed by atoms with E-state index in [9.17, 15) is 4.79 Å². The molecular weight excluding hydrogens is 398 g/mol. The monoisotopic (exact) mass is 423 g/mol. The van der Waals surface area contributed by atoms with Gasteiger partial charge in [-0.05, 0) is 43.2 Å². The summed E-state index contributed by atoms with van der Waals surface area (Å²) in [6.07, 6.45) is 8.01. The maximum atomic E-state index is 12.8. The Balaban J connectivity index is 1.66. The van der Waals surface area contributed by atoms with Crippen molar-refractivity contribution in [1.82, 2.24) is 20.8 Å².